The van der Waals surface area contributed by atoms with Crippen LogP contribution in [0.15, 0.2) is 84.5 Å². The lowest BCUT2D eigenvalue weighted by Crippen LogP contribution is -2.02. The molecular formula is C31H30N4O3S. The lowest BCUT2D eigenvalue weighted by Gasteiger charge is -2.15. The molecule has 198 valence electrons. The number of methoxy groups -OCH3 is 3. The SMILES string of the molecule is C=CCn1c(SCc2ccc(C)cc2)nnc1-c1cc(-c2cc(OC)c(OC)c(OC)c2)nc2ccccc12. The largest absolute Gasteiger partial charge is 0.493 e. The number of ether oxygens (including phenoxy) is 3. The molecule has 5 rings (SSSR count). The summed E-state index contributed by atoms with van der Waals surface area (Å²) in [5.41, 5.74) is 5.85. The molecule has 39 heavy (non-hydrogen) atoms. The number of pyridine rings is 1. The van der Waals surface area contributed by atoms with Crippen molar-refractivity contribution in [1.82, 2.24) is 19.7 Å². The number of aromatic nitrogens is 4. The van der Waals surface area contributed by atoms with Crippen LogP contribution in [0.3, 0.4) is 0 Å². The van der Waals surface area contributed by atoms with Crippen molar-refractivity contribution in [1.29, 1.82) is 0 Å². The second kappa shape index (κ2) is 11.6. The minimum atomic E-state index is 0.533. The summed E-state index contributed by atoms with van der Waals surface area (Å²) in [5.74, 6) is 3.21. The van der Waals surface area contributed by atoms with Crippen LogP contribution in [0.4, 0.5) is 0 Å². The van der Waals surface area contributed by atoms with Gasteiger partial charge in [-0.2, -0.15) is 0 Å². The molecule has 3 aromatic carbocycles. The van der Waals surface area contributed by atoms with E-state index in [-0.39, 0.29) is 0 Å². The van der Waals surface area contributed by atoms with Gasteiger partial charge in [-0.25, -0.2) is 4.98 Å². The third kappa shape index (κ3) is 5.33. The molecule has 0 bridgehead atoms. The van der Waals surface area contributed by atoms with E-state index >= 15 is 0 Å². The highest BCUT2D eigenvalue weighted by atomic mass is 32.2. The van der Waals surface area contributed by atoms with E-state index in [4.69, 9.17) is 19.2 Å². The Kier molecular flexibility index (Phi) is 7.84. The first kappa shape index (κ1) is 26.3. The number of aryl methyl sites for hydroxylation is 1. The number of hydrogen-bond acceptors (Lipinski definition) is 7. The standard InChI is InChI=1S/C31H30N4O3S/c1-6-15-35-30(33-34-31(35)39-19-21-13-11-20(2)12-14-21)24-18-26(32-25-10-8-7-9-23(24)25)22-16-27(36-3)29(38-5)28(17-22)37-4/h6-14,16-18H,1,15,19H2,2-5H3. The molecule has 0 aliphatic rings. The fourth-order valence-corrected chi connectivity index (χ4v) is 5.36. The number of para-hydroxylation sites is 1. The number of fused-ring (bicyclic) bond motifs is 1. The van der Waals surface area contributed by atoms with Gasteiger partial charge in [0, 0.05) is 28.8 Å². The summed E-state index contributed by atoms with van der Waals surface area (Å²) in [5, 5.41) is 11.1. The van der Waals surface area contributed by atoms with Gasteiger partial charge in [0.05, 0.1) is 32.5 Å². The maximum absolute atomic E-state index is 5.59. The van der Waals surface area contributed by atoms with E-state index in [1.807, 2.05) is 42.5 Å². The molecule has 0 radical (unpaired) electrons. The van der Waals surface area contributed by atoms with E-state index in [1.54, 1.807) is 33.1 Å². The third-order valence-corrected chi connectivity index (χ3v) is 7.47. The Labute approximate surface area is 232 Å². The van der Waals surface area contributed by atoms with E-state index in [9.17, 15) is 0 Å². The van der Waals surface area contributed by atoms with Gasteiger partial charge < -0.3 is 14.2 Å². The summed E-state index contributed by atoms with van der Waals surface area (Å²) in [7, 11) is 4.80. The van der Waals surface area contributed by atoms with Crippen LogP contribution in [0.1, 0.15) is 11.1 Å². The van der Waals surface area contributed by atoms with E-state index in [0.717, 1.165) is 44.5 Å². The summed E-state index contributed by atoms with van der Waals surface area (Å²) in [6.45, 7) is 6.65. The van der Waals surface area contributed by atoms with Crippen LogP contribution in [0.25, 0.3) is 33.5 Å². The van der Waals surface area contributed by atoms with Crippen LogP contribution in [-0.4, -0.2) is 41.1 Å². The Hall–Kier alpha value is -4.30. The van der Waals surface area contributed by atoms with Crippen molar-refractivity contribution in [3.63, 3.8) is 0 Å². The van der Waals surface area contributed by atoms with Crippen LogP contribution in [0.2, 0.25) is 0 Å². The first-order valence-electron chi connectivity index (χ1n) is 12.5. The molecule has 5 aromatic rings. The molecule has 0 unspecified atom stereocenters. The van der Waals surface area contributed by atoms with E-state index < -0.39 is 0 Å². The number of hydrogen-bond donors (Lipinski definition) is 0. The zero-order valence-corrected chi connectivity index (χ0v) is 23.3. The van der Waals surface area contributed by atoms with Gasteiger partial charge in [0.1, 0.15) is 0 Å². The molecule has 0 spiro atoms. The Balaban J connectivity index is 1.62. The number of nitrogens with zero attached hydrogens (tertiary/aromatic N) is 4. The lowest BCUT2D eigenvalue weighted by molar-refractivity contribution is 0.324. The number of allylic oxidation sites excluding steroid dienone is 1. The minimum absolute atomic E-state index is 0.533. The van der Waals surface area contributed by atoms with Crippen molar-refractivity contribution < 1.29 is 14.2 Å². The molecule has 2 heterocycles. The maximum atomic E-state index is 5.59. The van der Waals surface area contributed by atoms with Gasteiger partial charge in [-0.3, -0.25) is 4.57 Å². The van der Waals surface area contributed by atoms with Crippen molar-refractivity contribution in [2.45, 2.75) is 24.4 Å². The summed E-state index contributed by atoms with van der Waals surface area (Å²) in [4.78, 5) is 4.97. The second-order valence-electron chi connectivity index (χ2n) is 8.97. The normalized spacial score (nSPS) is 11.0. The Bertz CT molecular complexity index is 1600. The van der Waals surface area contributed by atoms with E-state index in [1.165, 1.54) is 11.1 Å². The summed E-state index contributed by atoms with van der Waals surface area (Å²) in [6.07, 6.45) is 1.87. The van der Waals surface area contributed by atoms with Crippen molar-refractivity contribution >= 4 is 22.7 Å². The van der Waals surface area contributed by atoms with Crippen LogP contribution in [0.5, 0.6) is 17.2 Å². The molecule has 0 saturated heterocycles. The first-order chi connectivity index (χ1) is 19.1. The topological polar surface area (TPSA) is 71.3 Å². The third-order valence-electron chi connectivity index (χ3n) is 6.43. The van der Waals surface area contributed by atoms with Crippen molar-refractivity contribution in [3.05, 3.63) is 90.5 Å². The zero-order chi connectivity index (χ0) is 27.4. The first-order valence-corrected chi connectivity index (χ1v) is 13.5. The summed E-state index contributed by atoms with van der Waals surface area (Å²) in [6, 6.07) is 22.5. The van der Waals surface area contributed by atoms with Crippen LogP contribution in [-0.2, 0) is 12.3 Å². The molecule has 0 saturated carbocycles. The molecule has 0 fully saturated rings. The minimum Gasteiger partial charge on any atom is -0.493 e. The molecule has 0 amide bonds. The van der Waals surface area contributed by atoms with Gasteiger partial charge in [0.15, 0.2) is 22.5 Å². The molecule has 8 heteroatoms. The van der Waals surface area contributed by atoms with E-state index in [2.05, 4.69) is 58.6 Å². The maximum Gasteiger partial charge on any atom is 0.203 e. The predicted molar refractivity (Wildman–Crippen MR) is 157 cm³/mol. The van der Waals surface area contributed by atoms with Crippen molar-refractivity contribution in [2.75, 3.05) is 21.3 Å². The van der Waals surface area contributed by atoms with Crippen LogP contribution < -0.4 is 14.2 Å². The van der Waals surface area contributed by atoms with Gasteiger partial charge in [0.25, 0.3) is 0 Å². The van der Waals surface area contributed by atoms with Gasteiger partial charge in [-0.1, -0.05) is 65.9 Å². The van der Waals surface area contributed by atoms with Crippen LogP contribution in [0, 0.1) is 6.92 Å². The van der Waals surface area contributed by atoms with Gasteiger partial charge in [-0.05, 0) is 36.8 Å². The monoisotopic (exact) mass is 538 g/mol. The summed E-state index contributed by atoms with van der Waals surface area (Å²) >= 11 is 1.66. The molecule has 0 atom stereocenters. The second-order valence-corrected chi connectivity index (χ2v) is 9.91. The molecule has 0 aliphatic heterocycles. The zero-order valence-electron chi connectivity index (χ0n) is 22.5. The molecule has 0 N–H and O–H groups in total. The number of thioether (sulfide) groups is 1. The molecule has 2 aromatic heterocycles. The quantitative estimate of drug-likeness (QED) is 0.140. The Morgan fingerprint density at radius 3 is 2.28 bits per heavy atom. The van der Waals surface area contributed by atoms with Gasteiger partial charge in [-0.15, -0.1) is 16.8 Å². The fraction of sp³-hybridized carbons (Fsp3) is 0.194. The highest BCUT2D eigenvalue weighted by Gasteiger charge is 2.20. The highest BCUT2D eigenvalue weighted by molar-refractivity contribution is 7.98. The smallest absolute Gasteiger partial charge is 0.203 e. The lowest BCUT2D eigenvalue weighted by atomic mass is 10.0. The summed E-state index contributed by atoms with van der Waals surface area (Å²) < 4.78 is 18.8. The van der Waals surface area contributed by atoms with E-state index in [0.29, 0.717) is 23.8 Å². The number of rotatable bonds is 10. The highest BCUT2D eigenvalue weighted by Crippen LogP contribution is 2.42. The molecule has 7 nitrogen and oxygen atoms in total. The van der Waals surface area contributed by atoms with Crippen LogP contribution >= 0.6 is 11.8 Å². The number of benzene rings is 3. The average molecular weight is 539 g/mol. The van der Waals surface area contributed by atoms with Gasteiger partial charge >= 0.3 is 0 Å². The van der Waals surface area contributed by atoms with Crippen molar-refractivity contribution in [3.8, 4) is 39.9 Å². The van der Waals surface area contributed by atoms with Gasteiger partial charge in [0.2, 0.25) is 5.75 Å². The Morgan fingerprint density at radius 2 is 1.62 bits per heavy atom. The fourth-order valence-electron chi connectivity index (χ4n) is 4.46. The molecule has 0 aliphatic carbocycles. The average Bonchev–Trinajstić information content (AvgIpc) is 3.37. The predicted octanol–water partition coefficient (Wildman–Crippen LogP) is 6.97. The molecular weight excluding hydrogens is 508 g/mol. The van der Waals surface area contributed by atoms with Crippen molar-refractivity contribution in [2.24, 2.45) is 0 Å². The Morgan fingerprint density at radius 1 is 0.897 bits per heavy atom.